The van der Waals surface area contributed by atoms with Crippen molar-refractivity contribution in [1.82, 2.24) is 5.32 Å². The van der Waals surface area contributed by atoms with E-state index in [1.165, 1.54) is 28.7 Å². The number of hydrogen-bond acceptors (Lipinski definition) is 2. The predicted octanol–water partition coefficient (Wildman–Crippen LogP) is 2.85. The number of carbonyl (C=O) groups is 1. The van der Waals surface area contributed by atoms with Crippen LogP contribution in [-0.2, 0) is 17.6 Å². The Morgan fingerprint density at radius 1 is 1.00 bits per heavy atom. The van der Waals surface area contributed by atoms with Crippen LogP contribution >= 0.6 is 0 Å². The highest BCUT2D eigenvalue weighted by Gasteiger charge is 2.36. The molecule has 0 radical (unpaired) electrons. The number of nitrogens with one attached hydrogen (secondary N) is 1. The van der Waals surface area contributed by atoms with Crippen molar-refractivity contribution in [2.24, 2.45) is 5.73 Å². The first-order chi connectivity index (χ1) is 11.2. The predicted molar refractivity (Wildman–Crippen MR) is 91.1 cm³/mol. The van der Waals surface area contributed by atoms with Crippen molar-refractivity contribution in [1.29, 1.82) is 0 Å². The maximum absolute atomic E-state index is 11.8. The minimum atomic E-state index is -0.274. The Morgan fingerprint density at radius 3 is 2.48 bits per heavy atom. The lowest BCUT2D eigenvalue weighted by molar-refractivity contribution is -0.120. The molecule has 0 saturated heterocycles. The molecule has 2 aromatic rings. The second-order valence-corrected chi connectivity index (χ2v) is 6.70. The van der Waals surface area contributed by atoms with Gasteiger partial charge >= 0.3 is 0 Å². The molecule has 3 nitrogen and oxygen atoms in total. The average molecular weight is 306 g/mol. The smallest absolute Gasteiger partial charge is 0.234 e. The zero-order valence-electron chi connectivity index (χ0n) is 13.2. The molecule has 3 heteroatoms. The lowest BCUT2D eigenvalue weighted by atomic mass is 9.74. The zero-order chi connectivity index (χ0) is 15.8. The van der Waals surface area contributed by atoms with Crippen molar-refractivity contribution in [3.63, 3.8) is 0 Å². The number of fused-ring (bicyclic) bond motifs is 2. The molecule has 1 aliphatic heterocycles. The van der Waals surface area contributed by atoms with Gasteiger partial charge in [0.25, 0.3) is 0 Å². The van der Waals surface area contributed by atoms with Gasteiger partial charge in [0.1, 0.15) is 0 Å². The van der Waals surface area contributed by atoms with E-state index in [1.807, 2.05) is 6.07 Å². The number of primary amides is 1. The van der Waals surface area contributed by atoms with Gasteiger partial charge in [0.15, 0.2) is 0 Å². The van der Waals surface area contributed by atoms with E-state index in [0.717, 1.165) is 12.8 Å². The first-order valence-electron chi connectivity index (χ1n) is 8.45. The van der Waals surface area contributed by atoms with Crippen LogP contribution in [0.15, 0.2) is 48.5 Å². The second kappa shape index (κ2) is 5.82. The number of benzene rings is 2. The summed E-state index contributed by atoms with van der Waals surface area (Å²) in [6.45, 7) is 0. The van der Waals surface area contributed by atoms with Crippen molar-refractivity contribution >= 4 is 5.91 Å². The third kappa shape index (κ3) is 2.55. The normalized spacial score (nSPS) is 26.2. The fourth-order valence-corrected chi connectivity index (χ4v) is 4.26. The van der Waals surface area contributed by atoms with Gasteiger partial charge in [-0.2, -0.15) is 0 Å². The fourth-order valence-electron chi connectivity index (χ4n) is 4.26. The third-order valence-electron chi connectivity index (χ3n) is 5.36. The summed E-state index contributed by atoms with van der Waals surface area (Å²) in [6, 6.07) is 17.1. The molecular formula is C20H22N2O. The van der Waals surface area contributed by atoms with Crippen LogP contribution in [0.3, 0.4) is 0 Å². The van der Waals surface area contributed by atoms with E-state index >= 15 is 0 Å². The highest BCUT2D eigenvalue weighted by molar-refractivity contribution is 5.80. The van der Waals surface area contributed by atoms with Crippen LogP contribution in [0.25, 0.3) is 0 Å². The van der Waals surface area contributed by atoms with Gasteiger partial charge in [-0.15, -0.1) is 0 Å². The van der Waals surface area contributed by atoms with Crippen LogP contribution < -0.4 is 11.1 Å². The third-order valence-corrected chi connectivity index (χ3v) is 5.36. The van der Waals surface area contributed by atoms with Crippen molar-refractivity contribution in [2.45, 2.75) is 43.7 Å². The topological polar surface area (TPSA) is 55.1 Å². The quantitative estimate of drug-likeness (QED) is 0.896. The molecule has 23 heavy (non-hydrogen) atoms. The van der Waals surface area contributed by atoms with Gasteiger partial charge in [-0.25, -0.2) is 0 Å². The molecule has 1 amide bonds. The van der Waals surface area contributed by atoms with Crippen LogP contribution in [-0.4, -0.2) is 11.9 Å². The van der Waals surface area contributed by atoms with Gasteiger partial charge in [0.05, 0.1) is 6.04 Å². The van der Waals surface area contributed by atoms with Crippen LogP contribution in [0.4, 0.5) is 0 Å². The summed E-state index contributed by atoms with van der Waals surface area (Å²) < 4.78 is 0. The summed E-state index contributed by atoms with van der Waals surface area (Å²) in [5.74, 6) is 0.150. The summed E-state index contributed by atoms with van der Waals surface area (Å²) in [4.78, 5) is 11.8. The average Bonchev–Trinajstić information content (AvgIpc) is 2.60. The zero-order valence-corrected chi connectivity index (χ0v) is 13.2. The Hall–Kier alpha value is -2.13. The Labute approximate surface area is 136 Å². The minimum Gasteiger partial charge on any atom is -0.368 e. The second-order valence-electron chi connectivity index (χ2n) is 6.70. The molecule has 2 aliphatic rings. The monoisotopic (exact) mass is 306 g/mol. The van der Waals surface area contributed by atoms with Crippen molar-refractivity contribution in [2.75, 3.05) is 0 Å². The van der Waals surface area contributed by atoms with Crippen LogP contribution in [0, 0.1) is 0 Å². The van der Waals surface area contributed by atoms with Gasteiger partial charge in [0, 0.05) is 12.0 Å². The number of rotatable bonds is 2. The molecule has 0 spiro atoms. The van der Waals surface area contributed by atoms with Gasteiger partial charge < -0.3 is 5.73 Å². The van der Waals surface area contributed by atoms with Crippen molar-refractivity contribution < 1.29 is 4.79 Å². The van der Waals surface area contributed by atoms with Crippen LogP contribution in [0.2, 0.25) is 0 Å². The van der Waals surface area contributed by atoms with E-state index in [2.05, 4.69) is 47.8 Å². The largest absolute Gasteiger partial charge is 0.368 e. The van der Waals surface area contributed by atoms with E-state index in [4.69, 9.17) is 5.73 Å². The molecule has 1 aliphatic carbocycles. The molecular weight excluding hydrogens is 284 g/mol. The maximum Gasteiger partial charge on any atom is 0.234 e. The molecule has 1 heterocycles. The lowest BCUT2D eigenvalue weighted by Gasteiger charge is -2.39. The minimum absolute atomic E-state index is 0.166. The highest BCUT2D eigenvalue weighted by atomic mass is 16.1. The Morgan fingerprint density at radius 2 is 1.70 bits per heavy atom. The number of carbonyl (C=O) groups excluding carboxylic acids is 1. The van der Waals surface area contributed by atoms with Crippen molar-refractivity contribution in [3.8, 4) is 0 Å². The van der Waals surface area contributed by atoms with E-state index in [9.17, 15) is 4.79 Å². The molecule has 0 saturated carbocycles. The Bertz CT molecular complexity index is 740. The van der Waals surface area contributed by atoms with E-state index < -0.39 is 0 Å². The fraction of sp³-hybridized carbons (Fsp3) is 0.350. The van der Waals surface area contributed by atoms with Gasteiger partial charge in [-0.1, -0.05) is 48.5 Å². The molecule has 0 fully saturated rings. The highest BCUT2D eigenvalue weighted by Crippen LogP contribution is 2.43. The molecule has 4 rings (SSSR count). The van der Waals surface area contributed by atoms with Gasteiger partial charge in [0.2, 0.25) is 5.91 Å². The lowest BCUT2D eigenvalue weighted by Crippen LogP contribution is -2.49. The van der Waals surface area contributed by atoms with Gasteiger partial charge in [-0.05, 0) is 47.9 Å². The molecule has 3 N–H and O–H groups in total. The number of hydrogen-bond donors (Lipinski definition) is 2. The molecule has 2 unspecified atom stereocenters. The molecule has 0 aromatic heterocycles. The molecule has 3 atom stereocenters. The standard InChI is InChI=1S/C20H22N2O/c21-20(23)18-12-14-7-2-4-10-16(14)19(22-18)17-11-5-8-13-6-1-3-9-15(13)17/h1-4,6-7,9-10,17-19,22H,5,8,11-12H2,(H2,21,23)/t17-,18?,19?/m1/s1. The summed E-state index contributed by atoms with van der Waals surface area (Å²) in [7, 11) is 0. The van der Waals surface area contributed by atoms with Crippen LogP contribution in [0.5, 0.6) is 0 Å². The number of amides is 1. The maximum atomic E-state index is 11.8. The van der Waals surface area contributed by atoms with E-state index in [-0.39, 0.29) is 18.0 Å². The Balaban J connectivity index is 1.78. The summed E-state index contributed by atoms with van der Waals surface area (Å²) in [5.41, 5.74) is 11.1. The number of nitrogens with two attached hydrogens (primary N) is 1. The summed E-state index contributed by atoms with van der Waals surface area (Å²) in [5, 5.41) is 3.55. The van der Waals surface area contributed by atoms with Crippen LogP contribution in [0.1, 0.15) is 47.1 Å². The molecule has 118 valence electrons. The van der Waals surface area contributed by atoms with Crippen molar-refractivity contribution in [3.05, 3.63) is 70.8 Å². The van der Waals surface area contributed by atoms with E-state index in [1.54, 1.807) is 0 Å². The first kappa shape index (κ1) is 14.5. The molecule has 0 bridgehead atoms. The SMILES string of the molecule is NC(=O)C1Cc2ccccc2C([C@@H]2CCCc3ccccc32)N1. The van der Waals surface area contributed by atoms with Gasteiger partial charge in [-0.3, -0.25) is 10.1 Å². The molecule has 2 aromatic carbocycles. The summed E-state index contributed by atoms with van der Waals surface area (Å²) in [6.07, 6.45) is 4.19. The summed E-state index contributed by atoms with van der Waals surface area (Å²) >= 11 is 0. The first-order valence-corrected chi connectivity index (χ1v) is 8.45. The Kier molecular flexibility index (Phi) is 3.66. The van der Waals surface area contributed by atoms with E-state index in [0.29, 0.717) is 12.3 Å². The number of aryl methyl sites for hydroxylation is 1.